The summed E-state index contributed by atoms with van der Waals surface area (Å²) in [6.45, 7) is 4.77. The average molecular weight is 353 g/mol. The Morgan fingerprint density at radius 2 is 2.08 bits per heavy atom. The fourth-order valence-electron chi connectivity index (χ4n) is 2.66. The predicted molar refractivity (Wildman–Crippen MR) is 96.4 cm³/mol. The molecule has 1 fully saturated rings. The second-order valence-electron chi connectivity index (χ2n) is 6.48. The van der Waals surface area contributed by atoms with Gasteiger partial charge in [-0.15, -0.1) is 12.4 Å². The van der Waals surface area contributed by atoms with Crippen molar-refractivity contribution in [2.45, 2.75) is 45.4 Å². The number of para-hydroxylation sites is 1. The van der Waals surface area contributed by atoms with Crippen LogP contribution < -0.4 is 11.1 Å². The van der Waals surface area contributed by atoms with Gasteiger partial charge in [-0.25, -0.2) is 0 Å². The van der Waals surface area contributed by atoms with E-state index in [2.05, 4.69) is 5.32 Å². The number of fused-ring (bicyclic) bond motifs is 1. The molecule has 1 aliphatic carbocycles. The lowest BCUT2D eigenvalue weighted by molar-refractivity contribution is 0.0643. The quantitative estimate of drug-likeness (QED) is 0.801. The molecule has 1 amide bonds. The largest absolute Gasteiger partial charge is 0.451 e. The lowest BCUT2D eigenvalue weighted by Crippen LogP contribution is -2.38. The van der Waals surface area contributed by atoms with Gasteiger partial charge >= 0.3 is 0 Å². The summed E-state index contributed by atoms with van der Waals surface area (Å²) in [5, 5.41) is 3.82. The van der Waals surface area contributed by atoms with Crippen molar-refractivity contribution in [1.82, 2.24) is 5.32 Å². The third-order valence-corrected chi connectivity index (χ3v) is 4.19. The van der Waals surface area contributed by atoms with Gasteiger partial charge in [-0.05, 0) is 38.7 Å². The molecule has 0 saturated heterocycles. The molecule has 0 spiro atoms. The molecule has 5 nitrogen and oxygen atoms in total. The second kappa shape index (κ2) is 8.01. The standard InChI is InChI=1S/C18H24N2O3.ClH/c1-11(2)22-10-14-13-5-3-4-6-16(13)23-17(14)18(21)20-9-15(19)12-7-8-12;/h3-6,11-12,15H,7-10,19H2,1-2H3,(H,20,21);1H. The number of halogens is 1. The summed E-state index contributed by atoms with van der Waals surface area (Å²) in [6, 6.07) is 7.66. The van der Waals surface area contributed by atoms with Crippen LogP contribution in [-0.4, -0.2) is 24.6 Å². The molecule has 1 saturated carbocycles. The molecule has 1 heterocycles. The van der Waals surface area contributed by atoms with Crippen LogP contribution in [0.5, 0.6) is 0 Å². The van der Waals surface area contributed by atoms with Crippen LogP contribution in [0.2, 0.25) is 0 Å². The van der Waals surface area contributed by atoms with Crippen molar-refractivity contribution < 1.29 is 13.9 Å². The first-order chi connectivity index (χ1) is 11.1. The minimum atomic E-state index is -0.223. The fourth-order valence-corrected chi connectivity index (χ4v) is 2.66. The van der Waals surface area contributed by atoms with E-state index in [1.54, 1.807) is 0 Å². The Hall–Kier alpha value is -1.56. The summed E-state index contributed by atoms with van der Waals surface area (Å²) in [6.07, 6.45) is 2.41. The maximum atomic E-state index is 12.5. The number of hydrogen-bond acceptors (Lipinski definition) is 4. The number of hydrogen-bond donors (Lipinski definition) is 2. The number of rotatable bonds is 7. The first-order valence-electron chi connectivity index (χ1n) is 8.22. The number of nitrogens with two attached hydrogens (primary N) is 1. The lowest BCUT2D eigenvalue weighted by atomic mass is 10.1. The summed E-state index contributed by atoms with van der Waals surface area (Å²) >= 11 is 0. The van der Waals surface area contributed by atoms with E-state index < -0.39 is 0 Å². The Balaban J connectivity index is 0.00000208. The van der Waals surface area contributed by atoms with E-state index in [1.807, 2.05) is 38.1 Å². The summed E-state index contributed by atoms with van der Waals surface area (Å²) in [5.41, 5.74) is 7.55. The number of ether oxygens (including phenoxy) is 1. The third-order valence-electron chi connectivity index (χ3n) is 4.19. The Bertz CT molecular complexity index is 695. The fraction of sp³-hybridized carbons (Fsp3) is 0.500. The molecular weight excluding hydrogens is 328 g/mol. The summed E-state index contributed by atoms with van der Waals surface area (Å²) < 4.78 is 11.5. The summed E-state index contributed by atoms with van der Waals surface area (Å²) in [5.74, 6) is 0.657. The van der Waals surface area contributed by atoms with Crippen molar-refractivity contribution >= 4 is 29.3 Å². The van der Waals surface area contributed by atoms with Crippen LogP contribution in [0.1, 0.15) is 42.8 Å². The molecule has 0 radical (unpaired) electrons. The van der Waals surface area contributed by atoms with Crippen molar-refractivity contribution in [3.63, 3.8) is 0 Å². The average Bonchev–Trinajstić information content (AvgIpc) is 3.31. The Morgan fingerprint density at radius 1 is 1.38 bits per heavy atom. The molecule has 0 bridgehead atoms. The van der Waals surface area contributed by atoms with Crippen LogP contribution in [-0.2, 0) is 11.3 Å². The number of carbonyl (C=O) groups is 1. The number of furan rings is 1. The topological polar surface area (TPSA) is 77.5 Å². The number of carbonyl (C=O) groups excluding carboxylic acids is 1. The van der Waals surface area contributed by atoms with Crippen LogP contribution in [0.25, 0.3) is 11.0 Å². The highest BCUT2D eigenvalue weighted by atomic mass is 35.5. The van der Waals surface area contributed by atoms with Gasteiger partial charge in [0.05, 0.1) is 12.7 Å². The van der Waals surface area contributed by atoms with Gasteiger partial charge in [0.1, 0.15) is 5.58 Å². The number of benzene rings is 1. The zero-order valence-electron chi connectivity index (χ0n) is 14.1. The van der Waals surface area contributed by atoms with E-state index in [1.165, 1.54) is 0 Å². The number of nitrogens with one attached hydrogen (secondary N) is 1. The van der Waals surface area contributed by atoms with Crippen LogP contribution in [0.4, 0.5) is 0 Å². The van der Waals surface area contributed by atoms with E-state index in [0.29, 0.717) is 30.4 Å². The van der Waals surface area contributed by atoms with Gasteiger partial charge in [-0.3, -0.25) is 4.79 Å². The molecule has 1 unspecified atom stereocenters. The van der Waals surface area contributed by atoms with Crippen LogP contribution >= 0.6 is 12.4 Å². The highest BCUT2D eigenvalue weighted by molar-refractivity contribution is 5.99. The van der Waals surface area contributed by atoms with Crippen molar-refractivity contribution in [3.8, 4) is 0 Å². The molecule has 1 aliphatic rings. The molecule has 1 atom stereocenters. The molecule has 2 aromatic rings. The van der Waals surface area contributed by atoms with Gasteiger partial charge in [-0.1, -0.05) is 18.2 Å². The summed E-state index contributed by atoms with van der Waals surface area (Å²) in [7, 11) is 0. The Morgan fingerprint density at radius 3 is 2.75 bits per heavy atom. The SMILES string of the molecule is CC(C)OCc1c(C(=O)NCC(N)C2CC2)oc2ccccc12.Cl. The normalized spacial score (nSPS) is 15.3. The summed E-state index contributed by atoms with van der Waals surface area (Å²) in [4.78, 5) is 12.5. The second-order valence-corrected chi connectivity index (χ2v) is 6.48. The van der Waals surface area contributed by atoms with E-state index >= 15 is 0 Å². The molecule has 6 heteroatoms. The molecule has 1 aromatic heterocycles. The molecule has 3 N–H and O–H groups in total. The van der Waals surface area contributed by atoms with Gasteiger partial charge in [0.25, 0.3) is 5.91 Å². The highest BCUT2D eigenvalue weighted by Gasteiger charge is 2.29. The van der Waals surface area contributed by atoms with Crippen LogP contribution in [0, 0.1) is 5.92 Å². The van der Waals surface area contributed by atoms with E-state index in [4.69, 9.17) is 14.9 Å². The van der Waals surface area contributed by atoms with Gasteiger partial charge in [0.15, 0.2) is 5.76 Å². The highest BCUT2D eigenvalue weighted by Crippen LogP contribution is 2.31. The lowest BCUT2D eigenvalue weighted by Gasteiger charge is -2.12. The van der Waals surface area contributed by atoms with Crippen molar-refractivity contribution in [3.05, 3.63) is 35.6 Å². The monoisotopic (exact) mass is 352 g/mol. The minimum absolute atomic E-state index is 0. The van der Waals surface area contributed by atoms with Gasteiger partial charge in [0.2, 0.25) is 0 Å². The van der Waals surface area contributed by atoms with Crippen molar-refractivity contribution in [2.75, 3.05) is 6.54 Å². The molecular formula is C18H25ClN2O3. The minimum Gasteiger partial charge on any atom is -0.451 e. The first-order valence-corrected chi connectivity index (χ1v) is 8.22. The molecule has 0 aliphatic heterocycles. The van der Waals surface area contributed by atoms with Crippen LogP contribution in [0.15, 0.2) is 28.7 Å². The van der Waals surface area contributed by atoms with Gasteiger partial charge in [-0.2, -0.15) is 0 Å². The van der Waals surface area contributed by atoms with E-state index in [-0.39, 0.29) is 30.5 Å². The Kier molecular flexibility index (Phi) is 6.27. The predicted octanol–water partition coefficient (Wildman–Crippen LogP) is 3.25. The van der Waals surface area contributed by atoms with Crippen molar-refractivity contribution in [1.29, 1.82) is 0 Å². The maximum Gasteiger partial charge on any atom is 0.287 e. The van der Waals surface area contributed by atoms with Gasteiger partial charge in [0, 0.05) is 23.5 Å². The zero-order valence-corrected chi connectivity index (χ0v) is 14.9. The van der Waals surface area contributed by atoms with E-state index in [0.717, 1.165) is 23.8 Å². The zero-order chi connectivity index (χ0) is 16.4. The van der Waals surface area contributed by atoms with Crippen molar-refractivity contribution in [2.24, 2.45) is 11.7 Å². The Labute approximate surface area is 148 Å². The van der Waals surface area contributed by atoms with Gasteiger partial charge < -0.3 is 20.2 Å². The smallest absolute Gasteiger partial charge is 0.287 e. The first kappa shape index (κ1) is 18.8. The van der Waals surface area contributed by atoms with Crippen LogP contribution in [0.3, 0.4) is 0 Å². The van der Waals surface area contributed by atoms with E-state index in [9.17, 15) is 4.79 Å². The third kappa shape index (κ3) is 4.29. The molecule has 24 heavy (non-hydrogen) atoms. The molecule has 1 aromatic carbocycles. The molecule has 132 valence electrons. The number of amides is 1. The maximum absolute atomic E-state index is 12.5. The molecule has 3 rings (SSSR count).